The predicted molar refractivity (Wildman–Crippen MR) is 71.1 cm³/mol. The van der Waals surface area contributed by atoms with Gasteiger partial charge in [0.2, 0.25) is 0 Å². The molecule has 0 atom stereocenters. The largest absolute Gasteiger partial charge is 0.461 e. The summed E-state index contributed by atoms with van der Waals surface area (Å²) in [6.07, 6.45) is 0. The molecular formula is C13H13FN2O2S. The molecule has 6 heteroatoms. The lowest BCUT2D eigenvalue weighted by Crippen LogP contribution is -2.08. The number of carbonyl (C=O) groups excluding carboxylic acids is 1. The first kappa shape index (κ1) is 13.5. The molecule has 4 nitrogen and oxygen atoms in total. The zero-order valence-electron chi connectivity index (χ0n) is 10.4. The lowest BCUT2D eigenvalue weighted by Gasteiger charge is -2.04. The maximum atomic E-state index is 13.5. The molecular weight excluding hydrogens is 267 g/mol. The Kier molecular flexibility index (Phi) is 4.11. The van der Waals surface area contributed by atoms with E-state index in [1.807, 2.05) is 0 Å². The molecule has 2 rings (SSSR count). The first-order valence-electron chi connectivity index (χ1n) is 5.82. The van der Waals surface area contributed by atoms with E-state index in [0.29, 0.717) is 10.2 Å². The van der Waals surface area contributed by atoms with Crippen LogP contribution in [0.25, 0.3) is 0 Å². The molecule has 1 aromatic carbocycles. The Balaban J connectivity index is 2.25. The smallest absolute Gasteiger partial charge is 0.356 e. The highest BCUT2D eigenvalue weighted by Crippen LogP contribution is 2.10. The molecule has 0 radical (unpaired) electrons. The van der Waals surface area contributed by atoms with E-state index in [1.165, 1.54) is 16.8 Å². The molecule has 0 unspecified atom stereocenters. The van der Waals surface area contributed by atoms with E-state index in [0.717, 1.165) is 0 Å². The van der Waals surface area contributed by atoms with E-state index >= 15 is 0 Å². The average molecular weight is 280 g/mol. The number of ether oxygens (including phenoxy) is 1. The Morgan fingerprint density at radius 3 is 2.89 bits per heavy atom. The molecule has 0 aliphatic heterocycles. The van der Waals surface area contributed by atoms with Gasteiger partial charge in [-0.1, -0.05) is 30.4 Å². The molecule has 1 aromatic heterocycles. The number of nitrogens with one attached hydrogen (secondary N) is 1. The summed E-state index contributed by atoms with van der Waals surface area (Å²) in [6.45, 7) is 2.26. The molecule has 0 saturated heterocycles. The van der Waals surface area contributed by atoms with Gasteiger partial charge in [-0.3, -0.25) is 9.78 Å². The normalized spacial score (nSPS) is 10.4. The van der Waals surface area contributed by atoms with Crippen molar-refractivity contribution in [3.8, 4) is 0 Å². The molecule has 0 saturated carbocycles. The number of halogens is 1. The molecule has 1 heterocycles. The van der Waals surface area contributed by atoms with Crippen molar-refractivity contribution in [1.82, 2.24) is 9.78 Å². The number of H-pyrrole nitrogens is 1. The minimum Gasteiger partial charge on any atom is -0.461 e. The van der Waals surface area contributed by atoms with Gasteiger partial charge in [0.25, 0.3) is 0 Å². The van der Waals surface area contributed by atoms with Gasteiger partial charge in [0.05, 0.1) is 13.2 Å². The molecule has 0 aliphatic rings. The average Bonchev–Trinajstić information content (AvgIpc) is 2.74. The third-order valence-corrected chi connectivity index (χ3v) is 2.91. The Morgan fingerprint density at radius 2 is 2.21 bits per heavy atom. The molecule has 0 spiro atoms. The van der Waals surface area contributed by atoms with E-state index in [1.54, 1.807) is 25.1 Å². The molecule has 0 aliphatic carbocycles. The second-order valence-electron chi connectivity index (χ2n) is 3.91. The van der Waals surface area contributed by atoms with Gasteiger partial charge in [0, 0.05) is 11.6 Å². The second kappa shape index (κ2) is 5.79. The first-order valence-corrected chi connectivity index (χ1v) is 6.23. The van der Waals surface area contributed by atoms with Crippen molar-refractivity contribution in [3.05, 3.63) is 52.0 Å². The lowest BCUT2D eigenvalue weighted by atomic mass is 10.2. The van der Waals surface area contributed by atoms with Gasteiger partial charge in [-0.25, -0.2) is 9.18 Å². The van der Waals surface area contributed by atoms with Gasteiger partial charge in [-0.2, -0.15) is 0 Å². The molecule has 0 amide bonds. The minimum absolute atomic E-state index is 0.241. The molecule has 2 aromatic rings. The highest BCUT2D eigenvalue weighted by Gasteiger charge is 2.11. The molecule has 1 N–H and O–H groups in total. The predicted octanol–water partition coefficient (Wildman–Crippen LogP) is 2.91. The van der Waals surface area contributed by atoms with Crippen LogP contribution in [0.1, 0.15) is 23.0 Å². The molecule has 19 heavy (non-hydrogen) atoms. The van der Waals surface area contributed by atoms with Crippen LogP contribution in [0.4, 0.5) is 4.39 Å². The minimum atomic E-state index is -0.471. The van der Waals surface area contributed by atoms with E-state index in [9.17, 15) is 9.18 Å². The number of benzene rings is 1. The van der Waals surface area contributed by atoms with Crippen molar-refractivity contribution in [2.45, 2.75) is 13.5 Å². The summed E-state index contributed by atoms with van der Waals surface area (Å²) in [4.78, 5) is 11.5. The number of nitrogens with zero attached hydrogens (tertiary/aromatic N) is 1. The summed E-state index contributed by atoms with van der Waals surface area (Å²) < 4.78 is 20.4. The zero-order valence-corrected chi connectivity index (χ0v) is 11.2. The van der Waals surface area contributed by atoms with Crippen LogP contribution >= 0.6 is 12.2 Å². The number of esters is 1. The number of rotatable bonds is 4. The van der Waals surface area contributed by atoms with Gasteiger partial charge in [0.1, 0.15) is 16.2 Å². The highest BCUT2D eigenvalue weighted by atomic mass is 32.1. The van der Waals surface area contributed by atoms with Gasteiger partial charge in [-0.15, -0.1) is 0 Å². The van der Waals surface area contributed by atoms with Crippen molar-refractivity contribution in [2.24, 2.45) is 0 Å². The Morgan fingerprint density at radius 1 is 1.47 bits per heavy atom. The summed E-state index contributed by atoms with van der Waals surface area (Å²) in [6, 6.07) is 7.93. The van der Waals surface area contributed by atoms with Crippen LogP contribution in [0, 0.1) is 10.5 Å². The van der Waals surface area contributed by atoms with Crippen LogP contribution in [-0.4, -0.2) is 22.4 Å². The van der Waals surface area contributed by atoms with Crippen molar-refractivity contribution < 1.29 is 13.9 Å². The summed E-state index contributed by atoms with van der Waals surface area (Å²) in [5, 5.41) is 2.81. The zero-order chi connectivity index (χ0) is 13.8. The topological polar surface area (TPSA) is 47.0 Å². The third kappa shape index (κ3) is 3.08. The monoisotopic (exact) mass is 280 g/mol. The maximum Gasteiger partial charge on any atom is 0.356 e. The molecule has 0 bridgehead atoms. The van der Waals surface area contributed by atoms with Crippen LogP contribution in [-0.2, 0) is 11.3 Å². The Labute approximate surface area is 114 Å². The van der Waals surface area contributed by atoms with Crippen LogP contribution < -0.4 is 0 Å². The Bertz CT molecular complexity index is 648. The van der Waals surface area contributed by atoms with Gasteiger partial charge in [-0.05, 0) is 13.0 Å². The quantitative estimate of drug-likeness (QED) is 0.692. The lowest BCUT2D eigenvalue weighted by molar-refractivity contribution is 0.0518. The molecule has 100 valence electrons. The van der Waals surface area contributed by atoms with Crippen molar-refractivity contribution >= 4 is 18.2 Å². The van der Waals surface area contributed by atoms with E-state index < -0.39 is 5.97 Å². The summed E-state index contributed by atoms with van der Waals surface area (Å²) >= 11 is 5.12. The maximum absolute atomic E-state index is 13.5. The fourth-order valence-corrected chi connectivity index (χ4v) is 1.89. The summed E-state index contributed by atoms with van der Waals surface area (Å²) in [7, 11) is 0. The number of hydrogen-bond donors (Lipinski definition) is 1. The number of aromatic nitrogens is 2. The van der Waals surface area contributed by atoms with E-state index in [4.69, 9.17) is 17.0 Å². The van der Waals surface area contributed by atoms with Crippen molar-refractivity contribution in [3.63, 3.8) is 0 Å². The van der Waals surface area contributed by atoms with Crippen LogP contribution in [0.3, 0.4) is 0 Å². The number of carbonyl (C=O) groups is 1. The highest BCUT2D eigenvalue weighted by molar-refractivity contribution is 7.71. The van der Waals surface area contributed by atoms with Crippen molar-refractivity contribution in [2.75, 3.05) is 6.61 Å². The van der Waals surface area contributed by atoms with Gasteiger partial charge >= 0.3 is 5.97 Å². The third-order valence-electron chi connectivity index (χ3n) is 2.57. The standard InChI is InChI=1S/C13H13FN2O2S/c1-2-18-13(17)11-7-12(19)16(15-11)8-9-5-3-4-6-10(9)14/h3-7,15H,2,8H2,1H3. The number of aromatic amines is 1. The van der Waals surface area contributed by atoms with Crippen molar-refractivity contribution in [1.29, 1.82) is 0 Å². The van der Waals surface area contributed by atoms with Gasteiger partial charge in [0.15, 0.2) is 0 Å². The van der Waals surface area contributed by atoms with Gasteiger partial charge < -0.3 is 4.74 Å². The summed E-state index contributed by atoms with van der Waals surface area (Å²) in [5.41, 5.74) is 0.763. The summed E-state index contributed by atoms with van der Waals surface area (Å²) in [5.74, 6) is -0.780. The Hall–Kier alpha value is -1.95. The van der Waals surface area contributed by atoms with E-state index in [-0.39, 0.29) is 24.7 Å². The first-order chi connectivity index (χ1) is 9.11. The second-order valence-corrected chi connectivity index (χ2v) is 4.32. The fraction of sp³-hybridized carbons (Fsp3) is 0.231. The van der Waals surface area contributed by atoms with Crippen LogP contribution in [0.15, 0.2) is 30.3 Å². The van der Waals surface area contributed by atoms with E-state index in [2.05, 4.69) is 5.10 Å². The SMILES string of the molecule is CCOC(=O)c1cc(=S)n(Cc2ccccc2F)[nH]1. The van der Waals surface area contributed by atoms with Crippen LogP contribution in [0.5, 0.6) is 0 Å². The fourth-order valence-electron chi connectivity index (χ4n) is 1.66. The number of hydrogen-bond acceptors (Lipinski definition) is 3. The molecule has 0 fully saturated rings. The van der Waals surface area contributed by atoms with Crippen LogP contribution in [0.2, 0.25) is 0 Å².